The molecule has 1 atom stereocenters. The molecule has 1 aromatic carbocycles. The molecule has 1 aliphatic rings. The highest BCUT2D eigenvalue weighted by Gasteiger charge is 2.32. The number of halogens is 1. The number of hydrogen-bond donors (Lipinski definition) is 1. The van der Waals surface area contributed by atoms with E-state index in [1.807, 2.05) is 24.3 Å². The number of alkyl halides is 1. The summed E-state index contributed by atoms with van der Waals surface area (Å²) in [6.45, 7) is 1.53. The van der Waals surface area contributed by atoms with Gasteiger partial charge in [-0.25, -0.2) is 4.39 Å². The molecule has 0 amide bonds. The van der Waals surface area contributed by atoms with Crippen LogP contribution in [-0.4, -0.2) is 5.12 Å². The third-order valence-corrected chi connectivity index (χ3v) is 2.61. The summed E-state index contributed by atoms with van der Waals surface area (Å²) < 4.78 is 13.3. The fourth-order valence-electron chi connectivity index (χ4n) is 1.13. The van der Waals surface area contributed by atoms with Crippen molar-refractivity contribution < 1.29 is 4.39 Å². The smallest absolute Gasteiger partial charge is 0.229 e. The van der Waals surface area contributed by atoms with Gasteiger partial charge in [-0.2, -0.15) is 0 Å². The van der Waals surface area contributed by atoms with E-state index in [9.17, 15) is 4.39 Å². The normalized spacial score (nSPS) is 27.8. The maximum Gasteiger partial charge on any atom is 0.229 e. The molecule has 0 spiro atoms. The fourth-order valence-corrected chi connectivity index (χ4v) is 2.08. The molecule has 0 radical (unpaired) electrons. The van der Waals surface area contributed by atoms with E-state index in [2.05, 4.69) is 5.32 Å². The zero-order valence-corrected chi connectivity index (χ0v) is 6.91. The number of thioether (sulfide) groups is 1. The predicted molar refractivity (Wildman–Crippen MR) is 45.4 cm³/mol. The summed E-state index contributed by atoms with van der Waals surface area (Å²) in [6.07, 6.45) is 0. The first-order chi connectivity index (χ1) is 5.17. The number of nitrogens with one attached hydrogen (secondary N) is 1. The Morgan fingerprint density at radius 1 is 1.45 bits per heavy atom. The van der Waals surface area contributed by atoms with Crippen LogP contribution in [0.25, 0.3) is 0 Å². The van der Waals surface area contributed by atoms with Crippen LogP contribution in [0.4, 0.5) is 10.1 Å². The summed E-state index contributed by atoms with van der Waals surface area (Å²) in [5.41, 5.74) is 0.891. The molecular weight excluding hydrogens is 161 g/mol. The SMILES string of the molecule is CC1(F)Nc2ccccc2S1. The van der Waals surface area contributed by atoms with Crippen molar-refractivity contribution in [1.29, 1.82) is 0 Å². The second-order valence-electron chi connectivity index (χ2n) is 2.64. The number of anilines is 1. The monoisotopic (exact) mass is 169 g/mol. The van der Waals surface area contributed by atoms with Crippen LogP contribution in [-0.2, 0) is 0 Å². The lowest BCUT2D eigenvalue weighted by molar-refractivity contribution is 0.362. The van der Waals surface area contributed by atoms with E-state index >= 15 is 0 Å². The van der Waals surface area contributed by atoms with Crippen molar-refractivity contribution in [1.82, 2.24) is 0 Å². The van der Waals surface area contributed by atoms with Crippen molar-refractivity contribution in [2.45, 2.75) is 16.9 Å². The van der Waals surface area contributed by atoms with Gasteiger partial charge in [-0.15, -0.1) is 0 Å². The molecule has 0 saturated heterocycles. The Bertz CT molecular complexity index is 258. The van der Waals surface area contributed by atoms with Crippen molar-refractivity contribution in [3.8, 4) is 0 Å². The molecule has 2 rings (SSSR count). The van der Waals surface area contributed by atoms with Gasteiger partial charge in [0, 0.05) is 4.90 Å². The Morgan fingerprint density at radius 2 is 2.18 bits per heavy atom. The van der Waals surface area contributed by atoms with Crippen LogP contribution in [0.15, 0.2) is 29.2 Å². The molecule has 1 heterocycles. The van der Waals surface area contributed by atoms with E-state index in [4.69, 9.17) is 0 Å². The second kappa shape index (κ2) is 2.14. The average Bonchev–Trinajstić information content (AvgIpc) is 2.21. The van der Waals surface area contributed by atoms with E-state index < -0.39 is 5.12 Å². The summed E-state index contributed by atoms with van der Waals surface area (Å²) in [6, 6.07) is 7.60. The van der Waals surface area contributed by atoms with Crippen LogP contribution in [0, 0.1) is 0 Å². The molecule has 0 aliphatic carbocycles. The second-order valence-corrected chi connectivity index (χ2v) is 4.05. The van der Waals surface area contributed by atoms with Gasteiger partial charge in [-0.05, 0) is 19.1 Å². The van der Waals surface area contributed by atoms with Crippen LogP contribution in [0.3, 0.4) is 0 Å². The van der Waals surface area contributed by atoms with Gasteiger partial charge in [0.2, 0.25) is 5.12 Å². The van der Waals surface area contributed by atoms with Gasteiger partial charge < -0.3 is 5.32 Å². The minimum atomic E-state index is -1.33. The molecule has 0 saturated carbocycles. The van der Waals surface area contributed by atoms with Gasteiger partial charge in [0.05, 0.1) is 5.69 Å². The Kier molecular flexibility index (Phi) is 1.36. The Morgan fingerprint density at radius 3 is 2.91 bits per heavy atom. The number of fused-ring (bicyclic) bond motifs is 1. The van der Waals surface area contributed by atoms with Gasteiger partial charge in [0.1, 0.15) is 0 Å². The summed E-state index contributed by atoms with van der Waals surface area (Å²) in [5.74, 6) is 0. The van der Waals surface area contributed by atoms with Gasteiger partial charge in [0.15, 0.2) is 0 Å². The lowest BCUT2D eigenvalue weighted by Gasteiger charge is -2.11. The average molecular weight is 169 g/mol. The molecule has 11 heavy (non-hydrogen) atoms. The van der Waals surface area contributed by atoms with Crippen molar-refractivity contribution in [3.63, 3.8) is 0 Å². The molecule has 0 aromatic heterocycles. The van der Waals surface area contributed by atoms with Crippen LogP contribution < -0.4 is 5.32 Å². The first-order valence-electron chi connectivity index (χ1n) is 3.42. The molecule has 0 bridgehead atoms. The van der Waals surface area contributed by atoms with Gasteiger partial charge in [0.25, 0.3) is 0 Å². The van der Waals surface area contributed by atoms with E-state index in [-0.39, 0.29) is 0 Å². The molecule has 3 heteroatoms. The zero-order valence-electron chi connectivity index (χ0n) is 6.10. The van der Waals surface area contributed by atoms with Gasteiger partial charge >= 0.3 is 0 Å². The number of rotatable bonds is 0. The highest BCUT2D eigenvalue weighted by molar-refractivity contribution is 8.01. The molecule has 1 aliphatic heterocycles. The lowest BCUT2D eigenvalue weighted by atomic mass is 10.3. The van der Waals surface area contributed by atoms with E-state index in [0.717, 1.165) is 10.6 Å². The van der Waals surface area contributed by atoms with E-state index in [1.165, 1.54) is 18.7 Å². The van der Waals surface area contributed by atoms with Crippen molar-refractivity contribution >= 4 is 17.4 Å². The van der Waals surface area contributed by atoms with E-state index in [1.54, 1.807) is 0 Å². The number of para-hydroxylation sites is 1. The molecule has 0 fully saturated rings. The Labute approximate surface area is 69.0 Å². The Balaban J connectivity index is 2.41. The lowest BCUT2D eigenvalue weighted by Crippen LogP contribution is -2.18. The fraction of sp³-hybridized carbons (Fsp3) is 0.250. The molecule has 1 unspecified atom stereocenters. The summed E-state index contributed by atoms with van der Waals surface area (Å²) in [5, 5.41) is 1.44. The maximum absolute atomic E-state index is 13.3. The standard InChI is InChI=1S/C8H8FNS/c1-8(9)10-6-4-2-3-5-7(6)11-8/h2-5,10H,1H3. The predicted octanol–water partition coefficient (Wildman–Crippen LogP) is 2.85. The van der Waals surface area contributed by atoms with Gasteiger partial charge in [-0.1, -0.05) is 23.9 Å². The molecular formula is C8H8FNS. The van der Waals surface area contributed by atoms with Crippen LogP contribution >= 0.6 is 11.8 Å². The van der Waals surface area contributed by atoms with Crippen LogP contribution in [0.1, 0.15) is 6.92 Å². The van der Waals surface area contributed by atoms with Crippen molar-refractivity contribution in [3.05, 3.63) is 24.3 Å². The van der Waals surface area contributed by atoms with Crippen LogP contribution in [0.5, 0.6) is 0 Å². The van der Waals surface area contributed by atoms with Crippen LogP contribution in [0.2, 0.25) is 0 Å². The maximum atomic E-state index is 13.3. The molecule has 1 aromatic rings. The minimum Gasteiger partial charge on any atom is -0.344 e. The number of hydrogen-bond acceptors (Lipinski definition) is 2. The minimum absolute atomic E-state index is 0.891. The molecule has 58 valence electrons. The molecule has 1 nitrogen and oxygen atoms in total. The van der Waals surface area contributed by atoms with E-state index in [0.29, 0.717) is 0 Å². The highest BCUT2D eigenvalue weighted by atomic mass is 32.2. The quantitative estimate of drug-likeness (QED) is 0.599. The summed E-state index contributed by atoms with van der Waals surface area (Å²) in [4.78, 5) is 0.984. The zero-order chi connectivity index (χ0) is 7.90. The summed E-state index contributed by atoms with van der Waals surface area (Å²) >= 11 is 1.22. The number of benzene rings is 1. The van der Waals surface area contributed by atoms with Crippen molar-refractivity contribution in [2.24, 2.45) is 0 Å². The van der Waals surface area contributed by atoms with Gasteiger partial charge in [-0.3, -0.25) is 0 Å². The third kappa shape index (κ3) is 1.20. The highest BCUT2D eigenvalue weighted by Crippen LogP contribution is 2.45. The molecule has 1 N–H and O–H groups in total. The first kappa shape index (κ1) is 6.98. The third-order valence-electron chi connectivity index (χ3n) is 1.55. The Hall–Kier alpha value is -0.700. The summed E-state index contributed by atoms with van der Waals surface area (Å²) in [7, 11) is 0. The first-order valence-corrected chi connectivity index (χ1v) is 4.24. The topological polar surface area (TPSA) is 12.0 Å². The largest absolute Gasteiger partial charge is 0.344 e. The van der Waals surface area contributed by atoms with Crippen molar-refractivity contribution in [2.75, 3.05) is 5.32 Å².